The van der Waals surface area contributed by atoms with Crippen molar-refractivity contribution in [2.24, 2.45) is 0 Å². The zero-order valence-corrected chi connectivity index (χ0v) is 32.0. The largest absolute Gasteiger partial charge is 0.355 e. The van der Waals surface area contributed by atoms with Gasteiger partial charge < -0.3 is 19.9 Å². The van der Waals surface area contributed by atoms with Crippen molar-refractivity contribution in [2.45, 2.75) is 0 Å². The Morgan fingerprint density at radius 3 is 0.569 bits per heavy atom. The quantitative estimate of drug-likeness (QED) is 0.166. The Balaban J connectivity index is 0.000000102. The van der Waals surface area contributed by atoms with Gasteiger partial charge in [0.2, 0.25) is 0 Å². The third-order valence-electron chi connectivity index (χ3n) is 10.3. The average molecular weight is 747 g/mol. The summed E-state index contributed by atoms with van der Waals surface area (Å²) in [5.74, 6) is 0. The number of hydrogen-bond donors (Lipinski definition) is 3. The van der Waals surface area contributed by atoms with Crippen LogP contribution in [-0.4, -0.2) is 15.0 Å². The lowest BCUT2D eigenvalue weighted by atomic mass is 10.2. The number of fused-ring (bicyclic) bond motifs is 9. The molecule has 58 heavy (non-hydrogen) atoms. The van der Waals surface area contributed by atoms with Gasteiger partial charge in [-0.3, -0.25) is 0 Å². The number of H-pyrrole nitrogens is 3. The third kappa shape index (κ3) is 7.68. The van der Waals surface area contributed by atoms with Gasteiger partial charge in [0.05, 0.1) is 0 Å². The summed E-state index contributed by atoms with van der Waals surface area (Å²) in [7, 11) is 0. The first kappa shape index (κ1) is 35.9. The molecule has 0 aliphatic rings. The predicted octanol–water partition coefficient (Wildman–Crippen LogP) is 15.1. The summed E-state index contributed by atoms with van der Waals surface area (Å²) in [5, 5.41) is 7.82. The minimum atomic E-state index is 1.17. The molecule has 3 aromatic heterocycles. The molecule has 0 unspecified atom stereocenters. The smallest absolute Gasteiger partial charge is 0.0464 e. The zero-order valence-electron chi connectivity index (χ0n) is 32.0. The molecule has 4 heteroatoms. The van der Waals surface area contributed by atoms with E-state index in [4.69, 9.17) is 0 Å². The van der Waals surface area contributed by atoms with Gasteiger partial charge in [-0.1, -0.05) is 164 Å². The van der Waals surface area contributed by atoms with Crippen molar-refractivity contribution < 1.29 is 0 Å². The van der Waals surface area contributed by atoms with Gasteiger partial charge in [0, 0.05) is 82.5 Å². The van der Waals surface area contributed by atoms with Gasteiger partial charge >= 0.3 is 0 Å². The van der Waals surface area contributed by atoms with Crippen molar-refractivity contribution in [3.05, 3.63) is 237 Å². The number of aromatic nitrogens is 3. The number of benzene rings is 9. The van der Waals surface area contributed by atoms with Gasteiger partial charge in [-0.15, -0.1) is 0 Å². The van der Waals surface area contributed by atoms with E-state index in [9.17, 15) is 0 Å². The number of anilines is 3. The first-order valence-electron chi connectivity index (χ1n) is 19.6. The maximum Gasteiger partial charge on any atom is 0.0464 e. The standard InChI is InChI=1S/C18H15N.3C12H9N/c1-4-10-16(11-5-1)19(17-12-6-2-7-13-17)18-14-8-3-9-15-18;3*1-3-7-11-9(5-1)10-6-2-4-8-12(10)13-11/h1-15H;3*1-8,13H. The molecule has 0 atom stereocenters. The van der Waals surface area contributed by atoms with E-state index in [1.807, 2.05) is 18.2 Å². The summed E-state index contributed by atoms with van der Waals surface area (Å²) in [6.07, 6.45) is 0. The van der Waals surface area contributed by atoms with Gasteiger partial charge in [0.25, 0.3) is 0 Å². The second kappa shape index (κ2) is 16.9. The predicted molar refractivity (Wildman–Crippen MR) is 249 cm³/mol. The van der Waals surface area contributed by atoms with Crippen LogP contribution >= 0.6 is 0 Å². The Bertz CT molecular complexity index is 2680. The van der Waals surface area contributed by atoms with E-state index >= 15 is 0 Å². The van der Waals surface area contributed by atoms with E-state index in [0.717, 1.165) is 0 Å². The number of rotatable bonds is 3. The minimum absolute atomic E-state index is 1.17. The highest BCUT2D eigenvalue weighted by Gasteiger charge is 2.10. The maximum absolute atomic E-state index is 3.38. The monoisotopic (exact) mass is 746 g/mol. The Kier molecular flexibility index (Phi) is 10.5. The first-order valence-corrected chi connectivity index (χ1v) is 19.6. The van der Waals surface area contributed by atoms with Crippen molar-refractivity contribution in [1.82, 2.24) is 15.0 Å². The van der Waals surface area contributed by atoms with Crippen LogP contribution in [0.15, 0.2) is 237 Å². The fourth-order valence-corrected chi connectivity index (χ4v) is 7.58. The first-order chi connectivity index (χ1) is 28.8. The molecule has 0 aliphatic carbocycles. The summed E-state index contributed by atoms with van der Waals surface area (Å²) in [5.41, 5.74) is 10.8. The van der Waals surface area contributed by atoms with E-state index in [1.54, 1.807) is 0 Å². The van der Waals surface area contributed by atoms with Crippen LogP contribution in [0.2, 0.25) is 0 Å². The molecule has 12 rings (SSSR count). The van der Waals surface area contributed by atoms with Gasteiger partial charge in [-0.05, 0) is 72.8 Å². The lowest BCUT2D eigenvalue weighted by Gasteiger charge is -2.25. The Morgan fingerprint density at radius 1 is 0.190 bits per heavy atom. The van der Waals surface area contributed by atoms with E-state index < -0.39 is 0 Å². The van der Waals surface area contributed by atoms with E-state index in [1.165, 1.54) is 82.5 Å². The second-order valence-corrected chi connectivity index (χ2v) is 14.0. The highest BCUT2D eigenvalue weighted by atomic mass is 15.1. The number of aromatic amines is 3. The molecule has 0 aliphatic heterocycles. The molecule has 0 bridgehead atoms. The number of hydrogen-bond acceptors (Lipinski definition) is 1. The topological polar surface area (TPSA) is 50.6 Å². The number of para-hydroxylation sites is 9. The SMILES string of the molecule is c1ccc(N(c2ccccc2)c2ccccc2)cc1.c1ccc2c(c1)[nH]c1ccccc12.c1ccc2c(c1)[nH]c1ccccc12.c1ccc2c(c1)[nH]c1ccccc12. The lowest BCUT2D eigenvalue weighted by molar-refractivity contribution is 1.28. The summed E-state index contributed by atoms with van der Waals surface area (Å²) in [4.78, 5) is 12.4. The van der Waals surface area contributed by atoms with Crippen LogP contribution in [-0.2, 0) is 0 Å². The molecule has 0 amide bonds. The van der Waals surface area contributed by atoms with Crippen LogP contribution in [0.4, 0.5) is 17.1 Å². The fraction of sp³-hybridized carbons (Fsp3) is 0. The molecule has 4 nitrogen and oxygen atoms in total. The molecular weight excluding hydrogens is 705 g/mol. The van der Waals surface area contributed by atoms with Crippen molar-refractivity contribution in [2.75, 3.05) is 4.90 Å². The zero-order chi connectivity index (χ0) is 38.9. The molecule has 0 saturated carbocycles. The van der Waals surface area contributed by atoms with Gasteiger partial charge in [0.1, 0.15) is 0 Å². The maximum atomic E-state index is 3.38. The van der Waals surface area contributed by atoms with Crippen molar-refractivity contribution in [3.63, 3.8) is 0 Å². The van der Waals surface area contributed by atoms with Crippen molar-refractivity contribution in [1.29, 1.82) is 0 Å². The van der Waals surface area contributed by atoms with Crippen LogP contribution in [0.3, 0.4) is 0 Å². The molecule has 3 heterocycles. The molecule has 12 aromatic rings. The van der Waals surface area contributed by atoms with Gasteiger partial charge in [-0.25, -0.2) is 0 Å². The lowest BCUT2D eigenvalue weighted by Crippen LogP contribution is -2.09. The van der Waals surface area contributed by atoms with E-state index in [-0.39, 0.29) is 0 Å². The van der Waals surface area contributed by atoms with Crippen LogP contribution in [0.1, 0.15) is 0 Å². The summed E-state index contributed by atoms with van der Waals surface area (Å²) in [6.45, 7) is 0. The molecule has 0 radical (unpaired) electrons. The number of nitrogens with zero attached hydrogens (tertiary/aromatic N) is 1. The Hall–Kier alpha value is -7.82. The highest BCUT2D eigenvalue weighted by molar-refractivity contribution is 6.08. The Labute approximate surface area is 337 Å². The fourth-order valence-electron chi connectivity index (χ4n) is 7.58. The highest BCUT2D eigenvalue weighted by Crippen LogP contribution is 2.33. The minimum Gasteiger partial charge on any atom is -0.355 e. The van der Waals surface area contributed by atoms with Crippen molar-refractivity contribution >= 4 is 82.5 Å². The van der Waals surface area contributed by atoms with Crippen LogP contribution in [0, 0.1) is 0 Å². The van der Waals surface area contributed by atoms with Gasteiger partial charge in [-0.2, -0.15) is 0 Å². The third-order valence-corrected chi connectivity index (χ3v) is 10.3. The van der Waals surface area contributed by atoms with Crippen LogP contribution in [0.25, 0.3) is 65.4 Å². The number of nitrogens with one attached hydrogen (secondary N) is 3. The normalized spacial score (nSPS) is 10.8. The average Bonchev–Trinajstić information content (AvgIpc) is 4.00. The molecule has 0 saturated heterocycles. The molecular formula is C54H42N4. The van der Waals surface area contributed by atoms with Gasteiger partial charge in [0.15, 0.2) is 0 Å². The second-order valence-electron chi connectivity index (χ2n) is 14.0. The summed E-state index contributed by atoms with van der Waals surface area (Å²) in [6, 6.07) is 81.5. The van der Waals surface area contributed by atoms with Crippen molar-refractivity contribution in [3.8, 4) is 0 Å². The summed E-state index contributed by atoms with van der Waals surface area (Å²) >= 11 is 0. The van der Waals surface area contributed by atoms with Crippen LogP contribution < -0.4 is 4.90 Å². The van der Waals surface area contributed by atoms with E-state index in [0.29, 0.717) is 0 Å². The molecule has 0 spiro atoms. The van der Waals surface area contributed by atoms with E-state index in [2.05, 4.69) is 238 Å². The Morgan fingerprint density at radius 2 is 0.362 bits per heavy atom. The molecule has 9 aromatic carbocycles. The summed E-state index contributed by atoms with van der Waals surface area (Å²) < 4.78 is 0. The van der Waals surface area contributed by atoms with Crippen LogP contribution in [0.5, 0.6) is 0 Å². The molecule has 278 valence electrons. The molecule has 0 fully saturated rings. The molecule has 3 N–H and O–H groups in total.